The Labute approximate surface area is 288 Å². The minimum absolute atomic E-state index is 0.197. The second kappa shape index (κ2) is 33.5. The monoisotopic (exact) mass is 639 g/mol. The second-order valence-electron chi connectivity index (χ2n) is 14.5. The van der Waals surface area contributed by atoms with Gasteiger partial charge in [0, 0.05) is 24.0 Å². The quantitative estimate of drug-likeness (QED) is 0.0541. The van der Waals surface area contributed by atoms with Gasteiger partial charge in [0.2, 0.25) is 0 Å². The molecule has 266 valence electrons. The van der Waals surface area contributed by atoms with Crippen molar-refractivity contribution in [2.75, 3.05) is 0 Å². The van der Waals surface area contributed by atoms with E-state index in [2.05, 4.69) is 13.8 Å². The van der Waals surface area contributed by atoms with Crippen LogP contribution in [0.1, 0.15) is 253 Å². The van der Waals surface area contributed by atoms with Crippen molar-refractivity contribution in [2.24, 2.45) is 0 Å². The van der Waals surface area contributed by atoms with Gasteiger partial charge in [-0.2, -0.15) is 0 Å². The first-order chi connectivity index (χ1) is 22.7. The van der Waals surface area contributed by atoms with Gasteiger partial charge in [-0.1, -0.05) is 225 Å². The molecule has 0 amide bonds. The number of rotatable bonds is 36. The van der Waals surface area contributed by atoms with E-state index in [-0.39, 0.29) is 11.6 Å². The highest BCUT2D eigenvalue weighted by Crippen LogP contribution is 2.18. The highest BCUT2D eigenvalue weighted by atomic mass is 16.1. The largest absolute Gasteiger partial charge is 0.294 e. The maximum absolute atomic E-state index is 12.8. The van der Waals surface area contributed by atoms with Crippen LogP contribution in [0.4, 0.5) is 0 Å². The van der Waals surface area contributed by atoms with Crippen LogP contribution in [0.25, 0.3) is 0 Å². The standard InChI is InChI=1S/C44H78O2/c1-3-5-7-9-11-13-15-17-19-21-23-25-27-29-31-33-38-43(45)41-36-35-37-42(40-41)44(46)39-34-32-30-28-26-24-22-20-18-16-14-12-10-8-6-4-2/h35-37,40H,3-34,38-39H2,1-2H3. The maximum atomic E-state index is 12.8. The van der Waals surface area contributed by atoms with Crippen LogP contribution in [0, 0.1) is 0 Å². The fourth-order valence-electron chi connectivity index (χ4n) is 6.82. The maximum Gasteiger partial charge on any atom is 0.162 e. The van der Waals surface area contributed by atoms with Crippen molar-refractivity contribution in [3.8, 4) is 0 Å². The van der Waals surface area contributed by atoms with Gasteiger partial charge in [0.1, 0.15) is 0 Å². The molecule has 0 N–H and O–H groups in total. The Morgan fingerprint density at radius 1 is 0.348 bits per heavy atom. The molecule has 0 bridgehead atoms. The van der Waals surface area contributed by atoms with Crippen LogP contribution in [-0.4, -0.2) is 11.6 Å². The van der Waals surface area contributed by atoms with E-state index in [1.807, 2.05) is 24.3 Å². The van der Waals surface area contributed by atoms with Crippen molar-refractivity contribution in [1.82, 2.24) is 0 Å². The first-order valence-corrected chi connectivity index (χ1v) is 20.9. The third-order valence-corrected chi connectivity index (χ3v) is 10.0. The summed E-state index contributed by atoms with van der Waals surface area (Å²) in [5.74, 6) is 0.393. The fourth-order valence-corrected chi connectivity index (χ4v) is 6.82. The molecule has 0 aliphatic carbocycles. The molecular weight excluding hydrogens is 560 g/mol. The third-order valence-electron chi connectivity index (χ3n) is 10.0. The zero-order valence-electron chi connectivity index (χ0n) is 31.2. The summed E-state index contributed by atoms with van der Waals surface area (Å²) in [5.41, 5.74) is 1.44. The second-order valence-corrected chi connectivity index (χ2v) is 14.5. The van der Waals surface area contributed by atoms with Gasteiger partial charge < -0.3 is 0 Å². The molecule has 1 aromatic carbocycles. The van der Waals surface area contributed by atoms with Crippen LogP contribution >= 0.6 is 0 Å². The average Bonchev–Trinajstić information content (AvgIpc) is 3.07. The van der Waals surface area contributed by atoms with E-state index in [9.17, 15) is 9.59 Å². The molecule has 0 aromatic heterocycles. The number of hydrogen-bond donors (Lipinski definition) is 0. The minimum Gasteiger partial charge on any atom is -0.294 e. The Morgan fingerprint density at radius 2 is 0.565 bits per heavy atom. The van der Waals surface area contributed by atoms with E-state index < -0.39 is 0 Å². The number of benzene rings is 1. The first-order valence-electron chi connectivity index (χ1n) is 20.9. The lowest BCUT2D eigenvalue weighted by atomic mass is 9.98. The molecule has 0 radical (unpaired) electrons. The molecule has 0 fully saturated rings. The van der Waals surface area contributed by atoms with Crippen molar-refractivity contribution in [1.29, 1.82) is 0 Å². The normalized spacial score (nSPS) is 11.3. The molecule has 0 unspecified atom stereocenters. The molecule has 0 atom stereocenters. The summed E-state index contributed by atoms with van der Waals surface area (Å²) >= 11 is 0. The number of carbonyl (C=O) groups excluding carboxylic acids is 2. The summed E-state index contributed by atoms with van der Waals surface area (Å²) in [6.45, 7) is 4.57. The van der Waals surface area contributed by atoms with Crippen LogP contribution in [0.15, 0.2) is 24.3 Å². The molecule has 0 aliphatic heterocycles. The smallest absolute Gasteiger partial charge is 0.162 e. The Balaban J connectivity index is 1.97. The summed E-state index contributed by atoms with van der Waals surface area (Å²) in [6.07, 6.45) is 44.2. The van der Waals surface area contributed by atoms with Gasteiger partial charge in [0.15, 0.2) is 11.6 Å². The Morgan fingerprint density at radius 3 is 0.804 bits per heavy atom. The molecule has 2 heteroatoms. The SMILES string of the molecule is CCCCCCCCCCCCCCCCCCC(=O)c1cccc(C(=O)CCCCCCCCCCCCCCCCCC)c1. The summed E-state index contributed by atoms with van der Waals surface area (Å²) < 4.78 is 0. The van der Waals surface area contributed by atoms with Crippen LogP contribution < -0.4 is 0 Å². The Hall–Kier alpha value is -1.44. The highest BCUT2D eigenvalue weighted by Gasteiger charge is 2.11. The minimum atomic E-state index is 0.197. The summed E-state index contributed by atoms with van der Waals surface area (Å²) in [4.78, 5) is 25.5. The molecule has 2 nitrogen and oxygen atoms in total. The van der Waals surface area contributed by atoms with E-state index in [4.69, 9.17) is 0 Å². The summed E-state index contributed by atoms with van der Waals surface area (Å²) in [5, 5.41) is 0. The third kappa shape index (κ3) is 26.6. The number of ketones is 2. The molecular formula is C44H78O2. The highest BCUT2D eigenvalue weighted by molar-refractivity contribution is 6.01. The zero-order valence-corrected chi connectivity index (χ0v) is 31.2. The van der Waals surface area contributed by atoms with Crippen molar-refractivity contribution >= 4 is 11.6 Å². The van der Waals surface area contributed by atoms with Crippen LogP contribution in [0.3, 0.4) is 0 Å². The van der Waals surface area contributed by atoms with Crippen molar-refractivity contribution < 1.29 is 9.59 Å². The lowest BCUT2D eigenvalue weighted by Gasteiger charge is -2.06. The molecule has 0 spiro atoms. The van der Waals surface area contributed by atoms with Gasteiger partial charge in [0.05, 0.1) is 0 Å². The molecule has 0 heterocycles. The van der Waals surface area contributed by atoms with E-state index in [1.54, 1.807) is 0 Å². The number of unbranched alkanes of at least 4 members (excludes halogenated alkanes) is 30. The first kappa shape index (κ1) is 42.6. The van der Waals surface area contributed by atoms with Gasteiger partial charge >= 0.3 is 0 Å². The van der Waals surface area contributed by atoms with Crippen molar-refractivity contribution in [3.05, 3.63) is 35.4 Å². The molecule has 1 rings (SSSR count). The zero-order chi connectivity index (χ0) is 33.2. The molecule has 0 aliphatic rings. The van der Waals surface area contributed by atoms with Crippen LogP contribution in [0.5, 0.6) is 0 Å². The summed E-state index contributed by atoms with van der Waals surface area (Å²) in [7, 11) is 0. The van der Waals surface area contributed by atoms with E-state index in [1.165, 1.54) is 180 Å². The van der Waals surface area contributed by atoms with Gasteiger partial charge in [-0.05, 0) is 18.9 Å². The van der Waals surface area contributed by atoms with E-state index in [0.29, 0.717) is 12.8 Å². The van der Waals surface area contributed by atoms with Gasteiger partial charge in [-0.3, -0.25) is 9.59 Å². The Kier molecular flexibility index (Phi) is 31.0. The van der Waals surface area contributed by atoms with Crippen molar-refractivity contribution in [3.63, 3.8) is 0 Å². The number of hydrogen-bond acceptors (Lipinski definition) is 2. The predicted octanol–water partition coefficient (Wildman–Crippen LogP) is 15.4. The van der Waals surface area contributed by atoms with Gasteiger partial charge in [-0.15, -0.1) is 0 Å². The summed E-state index contributed by atoms with van der Waals surface area (Å²) in [6, 6.07) is 7.52. The molecule has 1 aromatic rings. The number of carbonyl (C=O) groups is 2. The molecule has 46 heavy (non-hydrogen) atoms. The van der Waals surface area contributed by atoms with Gasteiger partial charge in [-0.25, -0.2) is 0 Å². The Bertz CT molecular complexity index is 749. The predicted molar refractivity (Wildman–Crippen MR) is 203 cm³/mol. The lowest BCUT2D eigenvalue weighted by Crippen LogP contribution is -2.04. The lowest BCUT2D eigenvalue weighted by molar-refractivity contribution is 0.0978. The van der Waals surface area contributed by atoms with Gasteiger partial charge in [0.25, 0.3) is 0 Å². The van der Waals surface area contributed by atoms with Crippen LogP contribution in [-0.2, 0) is 0 Å². The fraction of sp³-hybridized carbons (Fsp3) is 0.818. The average molecular weight is 639 g/mol. The molecule has 0 saturated carbocycles. The topological polar surface area (TPSA) is 34.1 Å². The molecule has 0 saturated heterocycles. The van der Waals surface area contributed by atoms with E-state index in [0.717, 1.165) is 36.8 Å². The van der Waals surface area contributed by atoms with Crippen molar-refractivity contribution in [2.45, 2.75) is 232 Å². The van der Waals surface area contributed by atoms with E-state index >= 15 is 0 Å². The van der Waals surface area contributed by atoms with Crippen LogP contribution in [0.2, 0.25) is 0 Å². The number of Topliss-reactive ketones (excluding diaryl/α,β-unsaturated/α-hetero) is 2.